The third-order valence-corrected chi connectivity index (χ3v) is 5.59. The van der Waals surface area contributed by atoms with Gasteiger partial charge in [-0.1, -0.05) is 32.4 Å². The van der Waals surface area contributed by atoms with E-state index in [1.165, 1.54) is 25.7 Å². The van der Waals surface area contributed by atoms with Crippen LogP contribution in [0.25, 0.3) is 0 Å². The third-order valence-electron chi connectivity index (χ3n) is 5.59. The standard InChI is InChI=1S/C16H29N/c1-11(2)14-7-6-13(4)16(17-5)9-8-12(3)10-15(14)16/h10-11,13-15H,5-9,17H2,1-4H3/t13-,14+,15+,16-/m1/s1. The Morgan fingerprint density at radius 2 is 2.12 bits per heavy atom. The Labute approximate surface area is 107 Å². The second-order valence-electron chi connectivity index (χ2n) is 6.74. The van der Waals surface area contributed by atoms with E-state index in [0.717, 1.165) is 23.7 Å². The molecule has 98 valence electrons. The first kappa shape index (κ1) is 13.1. The van der Waals surface area contributed by atoms with Gasteiger partial charge in [-0.2, -0.15) is 7.05 Å². The zero-order valence-electron chi connectivity index (χ0n) is 12.0. The van der Waals surface area contributed by atoms with Gasteiger partial charge < -0.3 is 5.32 Å². The SMILES string of the molecule is [CH2-][NH2+][C@@]12CCC(C)=C[C@H]1[C@H](C(C)C)CC[C@H]2C. The van der Waals surface area contributed by atoms with Gasteiger partial charge in [0.2, 0.25) is 0 Å². The molecule has 4 atom stereocenters. The smallest absolute Gasteiger partial charge is 0.0818 e. The van der Waals surface area contributed by atoms with Crippen LogP contribution in [0, 0.1) is 30.7 Å². The van der Waals surface area contributed by atoms with Gasteiger partial charge >= 0.3 is 0 Å². The van der Waals surface area contributed by atoms with E-state index in [1.54, 1.807) is 5.57 Å². The molecule has 0 saturated heterocycles. The molecule has 0 aromatic carbocycles. The molecule has 1 saturated carbocycles. The van der Waals surface area contributed by atoms with E-state index in [1.807, 2.05) is 0 Å². The van der Waals surface area contributed by atoms with Crippen LogP contribution in [0.4, 0.5) is 0 Å². The van der Waals surface area contributed by atoms with Gasteiger partial charge in [0.1, 0.15) is 0 Å². The van der Waals surface area contributed by atoms with Crippen molar-refractivity contribution in [2.75, 3.05) is 0 Å². The topological polar surface area (TPSA) is 16.6 Å². The maximum atomic E-state index is 4.20. The Morgan fingerprint density at radius 1 is 1.41 bits per heavy atom. The van der Waals surface area contributed by atoms with Crippen LogP contribution in [0.5, 0.6) is 0 Å². The van der Waals surface area contributed by atoms with Crippen LogP contribution in [0.1, 0.15) is 53.4 Å². The summed E-state index contributed by atoms with van der Waals surface area (Å²) >= 11 is 0. The van der Waals surface area contributed by atoms with Gasteiger partial charge in [0.15, 0.2) is 0 Å². The number of hydrogen-bond acceptors (Lipinski definition) is 0. The maximum absolute atomic E-state index is 4.20. The molecule has 0 aromatic rings. The summed E-state index contributed by atoms with van der Waals surface area (Å²) in [7, 11) is 4.20. The van der Waals surface area contributed by atoms with Crippen LogP contribution in [0.3, 0.4) is 0 Å². The van der Waals surface area contributed by atoms with Gasteiger partial charge in [-0.15, -0.1) is 0 Å². The van der Waals surface area contributed by atoms with Crippen LogP contribution in [-0.2, 0) is 0 Å². The summed E-state index contributed by atoms with van der Waals surface area (Å²) in [5.74, 6) is 3.22. The average molecular weight is 235 g/mol. The van der Waals surface area contributed by atoms with Crippen molar-refractivity contribution < 1.29 is 5.32 Å². The van der Waals surface area contributed by atoms with Crippen LogP contribution in [0.15, 0.2) is 11.6 Å². The minimum Gasteiger partial charge on any atom is -0.473 e. The van der Waals surface area contributed by atoms with E-state index in [2.05, 4.69) is 46.1 Å². The van der Waals surface area contributed by atoms with Gasteiger partial charge in [0.05, 0.1) is 5.54 Å². The summed E-state index contributed by atoms with van der Waals surface area (Å²) in [5.41, 5.74) is 2.00. The van der Waals surface area contributed by atoms with Crippen molar-refractivity contribution in [3.05, 3.63) is 18.7 Å². The molecular formula is C16H29N. The van der Waals surface area contributed by atoms with Crippen molar-refractivity contribution >= 4 is 0 Å². The average Bonchev–Trinajstić information content (AvgIpc) is 2.29. The van der Waals surface area contributed by atoms with Gasteiger partial charge in [0.25, 0.3) is 0 Å². The van der Waals surface area contributed by atoms with Crippen LogP contribution in [-0.4, -0.2) is 5.54 Å². The number of allylic oxidation sites excluding steroid dienone is 1. The normalized spacial score (nSPS) is 42.2. The first-order chi connectivity index (χ1) is 8.01. The molecule has 1 heteroatoms. The number of hydrogen-bond donors (Lipinski definition) is 1. The fourth-order valence-electron chi connectivity index (χ4n) is 4.30. The Hall–Kier alpha value is -0.300. The predicted molar refractivity (Wildman–Crippen MR) is 73.2 cm³/mol. The maximum Gasteiger partial charge on any atom is 0.0818 e. The highest BCUT2D eigenvalue weighted by Crippen LogP contribution is 2.48. The van der Waals surface area contributed by atoms with Gasteiger partial charge in [0, 0.05) is 18.3 Å². The molecule has 2 rings (SSSR count). The van der Waals surface area contributed by atoms with E-state index in [0.29, 0.717) is 5.54 Å². The second-order valence-corrected chi connectivity index (χ2v) is 6.74. The lowest BCUT2D eigenvalue weighted by atomic mass is 9.56. The van der Waals surface area contributed by atoms with E-state index in [4.69, 9.17) is 0 Å². The van der Waals surface area contributed by atoms with E-state index in [9.17, 15) is 0 Å². The molecule has 0 aliphatic heterocycles. The lowest BCUT2D eigenvalue weighted by Gasteiger charge is -2.53. The molecule has 1 nitrogen and oxygen atoms in total. The number of rotatable bonds is 2. The minimum absolute atomic E-state index is 0.396. The Bertz CT molecular complexity index is 305. The largest absolute Gasteiger partial charge is 0.473 e. The molecule has 0 aromatic heterocycles. The Balaban J connectivity index is 2.37. The van der Waals surface area contributed by atoms with Crippen molar-refractivity contribution in [2.45, 2.75) is 58.9 Å². The summed E-state index contributed by atoms with van der Waals surface area (Å²) in [5, 5.41) is 2.31. The fraction of sp³-hybridized carbons (Fsp3) is 0.812. The monoisotopic (exact) mass is 235 g/mol. The van der Waals surface area contributed by atoms with E-state index in [-0.39, 0.29) is 0 Å². The second kappa shape index (κ2) is 4.76. The van der Waals surface area contributed by atoms with Crippen molar-refractivity contribution in [1.82, 2.24) is 0 Å². The Morgan fingerprint density at radius 3 is 2.71 bits per heavy atom. The molecule has 1 fully saturated rings. The summed E-state index contributed by atoms with van der Waals surface area (Å²) in [6, 6.07) is 0. The summed E-state index contributed by atoms with van der Waals surface area (Å²) in [4.78, 5) is 0. The first-order valence-electron chi connectivity index (χ1n) is 7.32. The lowest BCUT2D eigenvalue weighted by Crippen LogP contribution is -2.96. The molecule has 0 bridgehead atoms. The minimum atomic E-state index is 0.396. The van der Waals surface area contributed by atoms with Crippen LogP contribution >= 0.6 is 0 Å². The lowest BCUT2D eigenvalue weighted by molar-refractivity contribution is -0.698. The molecule has 0 unspecified atom stereocenters. The zero-order valence-corrected chi connectivity index (χ0v) is 12.0. The van der Waals surface area contributed by atoms with Crippen molar-refractivity contribution in [1.29, 1.82) is 0 Å². The third kappa shape index (κ3) is 2.07. The summed E-state index contributed by atoms with van der Waals surface area (Å²) < 4.78 is 0. The first-order valence-corrected chi connectivity index (χ1v) is 7.32. The highest BCUT2D eigenvalue weighted by atomic mass is 15.0. The van der Waals surface area contributed by atoms with Crippen molar-refractivity contribution in [2.24, 2.45) is 23.7 Å². The zero-order chi connectivity index (χ0) is 12.6. The summed E-state index contributed by atoms with van der Waals surface area (Å²) in [6.45, 7) is 9.54. The van der Waals surface area contributed by atoms with Gasteiger partial charge in [-0.25, -0.2) is 0 Å². The highest BCUT2D eigenvalue weighted by molar-refractivity contribution is 5.16. The molecule has 2 N–H and O–H groups in total. The predicted octanol–water partition coefficient (Wildman–Crippen LogP) is 3.14. The molecule has 0 amide bonds. The summed E-state index contributed by atoms with van der Waals surface area (Å²) in [6.07, 6.45) is 7.98. The van der Waals surface area contributed by atoms with Crippen molar-refractivity contribution in [3.63, 3.8) is 0 Å². The Kier molecular flexibility index (Phi) is 3.68. The quantitative estimate of drug-likeness (QED) is 0.559. The number of quaternary nitrogens is 1. The van der Waals surface area contributed by atoms with E-state index < -0.39 is 0 Å². The fourth-order valence-corrected chi connectivity index (χ4v) is 4.30. The molecular weight excluding hydrogens is 206 g/mol. The highest BCUT2D eigenvalue weighted by Gasteiger charge is 2.51. The molecule has 2 aliphatic carbocycles. The molecule has 0 heterocycles. The van der Waals surface area contributed by atoms with Gasteiger partial charge in [-0.05, 0) is 38.0 Å². The molecule has 0 spiro atoms. The number of fused-ring (bicyclic) bond motifs is 1. The molecule has 17 heavy (non-hydrogen) atoms. The van der Waals surface area contributed by atoms with Gasteiger partial charge in [-0.3, -0.25) is 0 Å². The van der Waals surface area contributed by atoms with E-state index >= 15 is 0 Å². The van der Waals surface area contributed by atoms with Crippen LogP contribution < -0.4 is 5.32 Å². The van der Waals surface area contributed by atoms with Crippen LogP contribution in [0.2, 0.25) is 0 Å². The van der Waals surface area contributed by atoms with Crippen molar-refractivity contribution in [3.8, 4) is 0 Å². The molecule has 2 aliphatic rings. The number of nitrogens with two attached hydrogens (primary N) is 1. The molecule has 0 radical (unpaired) electrons.